The molecule has 4 nitrogen and oxygen atoms in total. The number of hydrogen-bond donors (Lipinski definition) is 2. The number of carbonyl (C=O) groups is 1. The van der Waals surface area contributed by atoms with Gasteiger partial charge in [0.25, 0.3) is 0 Å². The molecular formula is C14H27ClN2O2. The van der Waals surface area contributed by atoms with E-state index in [-0.39, 0.29) is 24.4 Å². The Kier molecular flexibility index (Phi) is 8.42. The molecule has 1 heterocycles. The van der Waals surface area contributed by atoms with Crippen molar-refractivity contribution in [2.75, 3.05) is 26.3 Å². The van der Waals surface area contributed by atoms with E-state index in [2.05, 4.69) is 10.6 Å². The lowest BCUT2D eigenvalue weighted by Gasteiger charge is -2.23. The van der Waals surface area contributed by atoms with Crippen LogP contribution in [0.2, 0.25) is 0 Å². The molecule has 2 aliphatic rings. The maximum Gasteiger partial charge on any atom is 0.239 e. The van der Waals surface area contributed by atoms with Crippen molar-refractivity contribution in [3.63, 3.8) is 0 Å². The molecule has 0 aromatic heterocycles. The van der Waals surface area contributed by atoms with E-state index in [1.54, 1.807) is 0 Å². The standard InChI is InChI=1S/C14H26N2O2.ClH/c17-14(13-11-18-10-9-15-13)16-8-4-7-12-5-2-1-3-6-12;/h12-13,15H,1-11H2,(H,16,17);1H. The Morgan fingerprint density at radius 1 is 1.26 bits per heavy atom. The molecule has 0 bridgehead atoms. The highest BCUT2D eigenvalue weighted by molar-refractivity contribution is 5.85. The van der Waals surface area contributed by atoms with Crippen LogP contribution in [-0.4, -0.2) is 38.3 Å². The Hall–Kier alpha value is -0.320. The molecule has 1 aliphatic carbocycles. The van der Waals surface area contributed by atoms with Crippen LogP contribution < -0.4 is 10.6 Å². The molecule has 1 aliphatic heterocycles. The Balaban J connectivity index is 0.00000180. The summed E-state index contributed by atoms with van der Waals surface area (Å²) in [6.07, 6.45) is 9.40. The molecular weight excluding hydrogens is 264 g/mol. The Bertz CT molecular complexity index is 252. The molecule has 0 aromatic rings. The average Bonchev–Trinajstić information content (AvgIpc) is 2.45. The second-order valence-corrected chi connectivity index (χ2v) is 5.52. The fraction of sp³-hybridized carbons (Fsp3) is 0.929. The van der Waals surface area contributed by atoms with Crippen LogP contribution in [0.1, 0.15) is 44.9 Å². The molecule has 1 atom stereocenters. The predicted octanol–water partition coefficient (Wildman–Crippen LogP) is 1.87. The van der Waals surface area contributed by atoms with Gasteiger partial charge in [-0.25, -0.2) is 0 Å². The number of carbonyl (C=O) groups excluding carboxylic acids is 1. The van der Waals surface area contributed by atoms with Crippen LogP contribution in [0.4, 0.5) is 0 Å². The Morgan fingerprint density at radius 3 is 2.74 bits per heavy atom. The zero-order valence-electron chi connectivity index (χ0n) is 11.7. The fourth-order valence-corrected chi connectivity index (χ4v) is 2.94. The molecule has 5 heteroatoms. The van der Waals surface area contributed by atoms with Gasteiger partial charge in [-0.05, 0) is 18.8 Å². The summed E-state index contributed by atoms with van der Waals surface area (Å²) in [4.78, 5) is 11.8. The van der Waals surface area contributed by atoms with E-state index in [9.17, 15) is 4.79 Å². The summed E-state index contributed by atoms with van der Waals surface area (Å²) in [6, 6.07) is -0.145. The molecule has 2 N–H and O–H groups in total. The lowest BCUT2D eigenvalue weighted by molar-refractivity contribution is -0.125. The van der Waals surface area contributed by atoms with Crippen molar-refractivity contribution >= 4 is 18.3 Å². The zero-order valence-corrected chi connectivity index (χ0v) is 12.5. The fourth-order valence-electron chi connectivity index (χ4n) is 2.94. The third-order valence-electron chi connectivity index (χ3n) is 4.05. The van der Waals surface area contributed by atoms with Crippen molar-refractivity contribution in [2.45, 2.75) is 51.0 Å². The number of halogens is 1. The van der Waals surface area contributed by atoms with Gasteiger partial charge in [0, 0.05) is 13.1 Å². The van der Waals surface area contributed by atoms with Gasteiger partial charge in [0.15, 0.2) is 0 Å². The summed E-state index contributed by atoms with van der Waals surface area (Å²) in [5.41, 5.74) is 0. The first-order valence-corrected chi connectivity index (χ1v) is 7.45. The van der Waals surface area contributed by atoms with E-state index in [0.717, 1.165) is 25.4 Å². The first-order valence-electron chi connectivity index (χ1n) is 7.45. The van der Waals surface area contributed by atoms with Crippen molar-refractivity contribution in [3.8, 4) is 0 Å². The maximum absolute atomic E-state index is 11.8. The van der Waals surface area contributed by atoms with Gasteiger partial charge in [0.05, 0.1) is 13.2 Å². The molecule has 0 radical (unpaired) electrons. The third-order valence-corrected chi connectivity index (χ3v) is 4.05. The minimum Gasteiger partial charge on any atom is -0.378 e. The van der Waals surface area contributed by atoms with Gasteiger partial charge in [-0.2, -0.15) is 0 Å². The first-order chi connectivity index (χ1) is 8.86. The predicted molar refractivity (Wildman–Crippen MR) is 78.7 cm³/mol. The number of nitrogens with one attached hydrogen (secondary N) is 2. The van der Waals surface area contributed by atoms with E-state index in [4.69, 9.17) is 4.74 Å². The quantitative estimate of drug-likeness (QED) is 0.760. The largest absolute Gasteiger partial charge is 0.378 e. The minimum atomic E-state index is -0.145. The lowest BCUT2D eigenvalue weighted by atomic mass is 9.86. The first kappa shape index (κ1) is 16.7. The monoisotopic (exact) mass is 290 g/mol. The molecule has 2 rings (SSSR count). The molecule has 1 amide bonds. The zero-order chi connectivity index (χ0) is 12.6. The van der Waals surface area contributed by atoms with E-state index in [0.29, 0.717) is 13.2 Å². The number of amides is 1. The molecule has 19 heavy (non-hydrogen) atoms. The van der Waals surface area contributed by atoms with Gasteiger partial charge in [-0.1, -0.05) is 32.1 Å². The molecule has 0 aromatic carbocycles. The van der Waals surface area contributed by atoms with Gasteiger partial charge in [-0.15, -0.1) is 12.4 Å². The smallest absolute Gasteiger partial charge is 0.239 e. The van der Waals surface area contributed by atoms with Gasteiger partial charge in [0.1, 0.15) is 6.04 Å². The third kappa shape index (κ3) is 6.11. The van der Waals surface area contributed by atoms with Gasteiger partial charge < -0.3 is 15.4 Å². The minimum absolute atomic E-state index is 0. The number of morpholine rings is 1. The van der Waals surface area contributed by atoms with Crippen LogP contribution in [0.15, 0.2) is 0 Å². The molecule has 2 fully saturated rings. The van der Waals surface area contributed by atoms with Crippen LogP contribution >= 0.6 is 12.4 Å². The van der Waals surface area contributed by atoms with Gasteiger partial charge in [-0.3, -0.25) is 4.79 Å². The lowest BCUT2D eigenvalue weighted by Crippen LogP contribution is -2.51. The molecule has 0 spiro atoms. The SMILES string of the molecule is Cl.O=C(NCCCC1CCCCC1)C1COCCN1. The topological polar surface area (TPSA) is 50.4 Å². The Morgan fingerprint density at radius 2 is 2.05 bits per heavy atom. The van der Waals surface area contributed by atoms with Crippen molar-refractivity contribution < 1.29 is 9.53 Å². The summed E-state index contributed by atoms with van der Waals surface area (Å²) in [6.45, 7) is 2.81. The van der Waals surface area contributed by atoms with Crippen LogP contribution in [0.3, 0.4) is 0 Å². The maximum atomic E-state index is 11.8. The van der Waals surface area contributed by atoms with E-state index < -0.39 is 0 Å². The highest BCUT2D eigenvalue weighted by Gasteiger charge is 2.20. The summed E-state index contributed by atoms with van der Waals surface area (Å²) in [7, 11) is 0. The average molecular weight is 291 g/mol. The van der Waals surface area contributed by atoms with E-state index in [1.807, 2.05) is 0 Å². The number of hydrogen-bond acceptors (Lipinski definition) is 3. The van der Waals surface area contributed by atoms with Crippen molar-refractivity contribution in [1.29, 1.82) is 0 Å². The van der Waals surface area contributed by atoms with Crippen LogP contribution in [0, 0.1) is 5.92 Å². The molecule has 1 unspecified atom stereocenters. The summed E-state index contributed by atoms with van der Waals surface area (Å²) in [5, 5.41) is 6.18. The van der Waals surface area contributed by atoms with Gasteiger partial charge >= 0.3 is 0 Å². The molecule has 1 saturated carbocycles. The van der Waals surface area contributed by atoms with Crippen molar-refractivity contribution in [1.82, 2.24) is 10.6 Å². The second-order valence-electron chi connectivity index (χ2n) is 5.52. The number of ether oxygens (including phenoxy) is 1. The van der Waals surface area contributed by atoms with Crippen molar-refractivity contribution in [3.05, 3.63) is 0 Å². The van der Waals surface area contributed by atoms with E-state index >= 15 is 0 Å². The second kappa shape index (κ2) is 9.56. The Labute approximate surface area is 122 Å². The highest BCUT2D eigenvalue weighted by Crippen LogP contribution is 2.26. The van der Waals surface area contributed by atoms with Crippen LogP contribution in [0.25, 0.3) is 0 Å². The van der Waals surface area contributed by atoms with Crippen molar-refractivity contribution in [2.24, 2.45) is 5.92 Å². The van der Waals surface area contributed by atoms with Crippen LogP contribution in [0.5, 0.6) is 0 Å². The molecule has 1 saturated heterocycles. The summed E-state index contributed by atoms with van der Waals surface area (Å²) >= 11 is 0. The summed E-state index contributed by atoms with van der Waals surface area (Å²) < 4.78 is 5.28. The normalized spacial score (nSPS) is 24.5. The van der Waals surface area contributed by atoms with Gasteiger partial charge in [0.2, 0.25) is 5.91 Å². The summed E-state index contributed by atoms with van der Waals surface area (Å²) in [5.74, 6) is 1.00. The molecule has 112 valence electrons. The van der Waals surface area contributed by atoms with Crippen LogP contribution in [-0.2, 0) is 9.53 Å². The van der Waals surface area contributed by atoms with E-state index in [1.165, 1.54) is 38.5 Å². The highest BCUT2D eigenvalue weighted by atomic mass is 35.5. The number of rotatable bonds is 5.